The maximum atomic E-state index is 13.8. The third-order valence-electron chi connectivity index (χ3n) is 2.60. The highest BCUT2D eigenvalue weighted by Crippen LogP contribution is 2.34. The molecule has 0 atom stereocenters. The van der Waals surface area contributed by atoms with Crippen molar-refractivity contribution in [3.05, 3.63) is 56.2 Å². The maximum Gasteiger partial charge on any atom is 0.264 e. The van der Waals surface area contributed by atoms with Gasteiger partial charge in [0.2, 0.25) is 0 Å². The first-order valence-electron chi connectivity index (χ1n) is 5.64. The largest absolute Gasteiger partial charge is 0.277 e. The molecule has 0 aromatic heterocycles. The van der Waals surface area contributed by atoms with Gasteiger partial charge in [-0.1, -0.05) is 45.2 Å². The molecule has 0 spiro atoms. The number of benzene rings is 2. The Kier molecular flexibility index (Phi) is 4.82. The van der Waals surface area contributed by atoms with Crippen molar-refractivity contribution in [3.63, 3.8) is 0 Å². The van der Waals surface area contributed by atoms with E-state index in [0.29, 0.717) is 10.0 Å². The predicted octanol–water partition coefficient (Wildman–Crippen LogP) is 5.00. The molecule has 0 saturated carbocycles. The first-order valence-corrected chi connectivity index (χ1v) is 8.67. The van der Waals surface area contributed by atoms with E-state index in [9.17, 15) is 12.8 Å². The zero-order valence-corrected chi connectivity index (χ0v) is 14.5. The average Bonchev–Trinajstić information content (AvgIpc) is 2.30. The summed E-state index contributed by atoms with van der Waals surface area (Å²) in [6, 6.07) is 6.94. The Bertz CT molecular complexity index is 789. The van der Waals surface area contributed by atoms with Gasteiger partial charge in [-0.3, -0.25) is 4.72 Å². The molecule has 0 aliphatic heterocycles. The number of rotatable bonds is 3. The molecule has 0 bridgehead atoms. The Labute approximate surface area is 140 Å². The molecule has 2 rings (SSSR count). The summed E-state index contributed by atoms with van der Waals surface area (Å²) in [4.78, 5) is -0.297. The number of hydrogen-bond donors (Lipinski definition) is 1. The Morgan fingerprint density at radius 3 is 2.24 bits per heavy atom. The minimum Gasteiger partial charge on any atom is -0.277 e. The molecule has 0 heterocycles. The van der Waals surface area contributed by atoms with Gasteiger partial charge in [0.15, 0.2) is 0 Å². The highest BCUT2D eigenvalue weighted by Gasteiger charge is 2.23. The first kappa shape index (κ1) is 16.5. The van der Waals surface area contributed by atoms with Crippen LogP contribution >= 0.6 is 39.1 Å². The second-order valence-corrected chi connectivity index (χ2v) is 7.64. The molecule has 21 heavy (non-hydrogen) atoms. The molecule has 8 heteroatoms. The lowest BCUT2D eigenvalue weighted by molar-refractivity contribution is 0.598. The number of halogens is 4. The Morgan fingerprint density at radius 2 is 1.71 bits per heavy atom. The van der Waals surface area contributed by atoms with E-state index in [1.165, 1.54) is 24.3 Å². The molecule has 0 amide bonds. The third kappa shape index (κ3) is 3.69. The summed E-state index contributed by atoms with van der Waals surface area (Å²) < 4.78 is 41.1. The second-order valence-electron chi connectivity index (χ2n) is 4.29. The monoisotopic (exact) mass is 411 g/mol. The molecule has 0 unspecified atom stereocenters. The van der Waals surface area contributed by atoms with Crippen molar-refractivity contribution in [3.8, 4) is 0 Å². The number of nitrogens with one attached hydrogen (secondary N) is 1. The standard InChI is InChI=1S/C13H9BrCl2FNO2S/c1-7-2-3-12(11(17)4-7)18-21(19,20)13-9(15)5-8(14)6-10(13)16/h2-6,18H,1H3. The van der Waals surface area contributed by atoms with Crippen molar-refractivity contribution in [1.82, 2.24) is 0 Å². The van der Waals surface area contributed by atoms with Gasteiger partial charge >= 0.3 is 0 Å². The summed E-state index contributed by atoms with van der Waals surface area (Å²) in [6.45, 7) is 1.70. The number of anilines is 1. The van der Waals surface area contributed by atoms with E-state index in [-0.39, 0.29) is 20.6 Å². The minimum absolute atomic E-state index is 0.0607. The Balaban J connectivity index is 2.48. The van der Waals surface area contributed by atoms with Crippen molar-refractivity contribution < 1.29 is 12.8 Å². The van der Waals surface area contributed by atoms with Crippen LogP contribution in [-0.2, 0) is 10.0 Å². The lowest BCUT2D eigenvalue weighted by atomic mass is 10.2. The summed E-state index contributed by atoms with van der Waals surface area (Å²) in [6.07, 6.45) is 0. The van der Waals surface area contributed by atoms with E-state index in [0.717, 1.165) is 0 Å². The zero-order chi connectivity index (χ0) is 15.8. The Hall–Kier alpha value is -0.820. The van der Waals surface area contributed by atoms with Crippen LogP contribution in [0.5, 0.6) is 0 Å². The van der Waals surface area contributed by atoms with E-state index in [1.807, 2.05) is 0 Å². The van der Waals surface area contributed by atoms with Gasteiger partial charge in [-0.25, -0.2) is 12.8 Å². The molecule has 3 nitrogen and oxygen atoms in total. The van der Waals surface area contributed by atoms with Crippen LogP contribution in [0.1, 0.15) is 5.56 Å². The van der Waals surface area contributed by atoms with E-state index in [4.69, 9.17) is 23.2 Å². The van der Waals surface area contributed by atoms with E-state index < -0.39 is 15.8 Å². The van der Waals surface area contributed by atoms with Gasteiger partial charge in [0.1, 0.15) is 10.7 Å². The molecule has 112 valence electrons. The topological polar surface area (TPSA) is 46.2 Å². The second kappa shape index (κ2) is 6.12. The van der Waals surface area contributed by atoms with Gasteiger partial charge < -0.3 is 0 Å². The van der Waals surface area contributed by atoms with E-state index >= 15 is 0 Å². The van der Waals surface area contributed by atoms with Crippen molar-refractivity contribution in [1.29, 1.82) is 0 Å². The lowest BCUT2D eigenvalue weighted by Gasteiger charge is -2.12. The van der Waals surface area contributed by atoms with Crippen LogP contribution in [0.2, 0.25) is 10.0 Å². The predicted molar refractivity (Wildman–Crippen MR) is 86.1 cm³/mol. The highest BCUT2D eigenvalue weighted by atomic mass is 79.9. The smallest absolute Gasteiger partial charge is 0.264 e. The average molecular weight is 413 g/mol. The van der Waals surface area contributed by atoms with Crippen molar-refractivity contribution in [2.75, 3.05) is 4.72 Å². The SMILES string of the molecule is Cc1ccc(NS(=O)(=O)c2c(Cl)cc(Br)cc2Cl)c(F)c1. The van der Waals surface area contributed by atoms with Crippen LogP contribution in [0.15, 0.2) is 39.7 Å². The molecular formula is C13H9BrCl2FNO2S. The summed E-state index contributed by atoms with van der Waals surface area (Å²) in [5.74, 6) is -0.678. The lowest BCUT2D eigenvalue weighted by Crippen LogP contribution is -2.15. The molecule has 1 N–H and O–H groups in total. The molecule has 0 saturated heterocycles. The van der Waals surface area contributed by atoms with E-state index in [1.54, 1.807) is 13.0 Å². The number of aryl methyl sites for hydroxylation is 1. The number of hydrogen-bond acceptors (Lipinski definition) is 2. The molecule has 0 aliphatic rings. The summed E-state index contributed by atoms with van der Waals surface area (Å²) in [7, 11) is -4.10. The van der Waals surface area contributed by atoms with Gasteiger partial charge in [0.25, 0.3) is 10.0 Å². The summed E-state index contributed by atoms with van der Waals surface area (Å²) >= 11 is 15.0. The van der Waals surface area contributed by atoms with Crippen LogP contribution < -0.4 is 4.72 Å². The fourth-order valence-electron chi connectivity index (χ4n) is 1.68. The van der Waals surface area contributed by atoms with Gasteiger partial charge in [-0.2, -0.15) is 0 Å². The quantitative estimate of drug-likeness (QED) is 0.770. The van der Waals surface area contributed by atoms with E-state index in [2.05, 4.69) is 20.7 Å². The Morgan fingerprint density at radius 1 is 1.14 bits per heavy atom. The number of sulfonamides is 1. The molecule has 2 aromatic carbocycles. The molecule has 0 aliphatic carbocycles. The molecule has 0 radical (unpaired) electrons. The van der Waals surface area contributed by atoms with Gasteiger partial charge in [0.05, 0.1) is 15.7 Å². The minimum atomic E-state index is -4.10. The molecule has 0 fully saturated rings. The normalized spacial score (nSPS) is 11.5. The van der Waals surface area contributed by atoms with Crippen LogP contribution in [0.25, 0.3) is 0 Å². The van der Waals surface area contributed by atoms with Crippen LogP contribution in [0, 0.1) is 12.7 Å². The summed E-state index contributed by atoms with van der Waals surface area (Å²) in [5, 5.41) is -0.121. The van der Waals surface area contributed by atoms with Crippen LogP contribution in [0.4, 0.5) is 10.1 Å². The van der Waals surface area contributed by atoms with Gasteiger partial charge in [-0.15, -0.1) is 0 Å². The van der Waals surface area contributed by atoms with Crippen molar-refractivity contribution >= 4 is 54.8 Å². The fraction of sp³-hybridized carbons (Fsp3) is 0.0769. The van der Waals surface area contributed by atoms with Crippen molar-refractivity contribution in [2.45, 2.75) is 11.8 Å². The van der Waals surface area contributed by atoms with Crippen LogP contribution in [-0.4, -0.2) is 8.42 Å². The van der Waals surface area contributed by atoms with Crippen molar-refractivity contribution in [2.24, 2.45) is 0 Å². The highest BCUT2D eigenvalue weighted by molar-refractivity contribution is 9.10. The summed E-state index contributed by atoms with van der Waals surface area (Å²) in [5.41, 5.74) is 0.505. The first-order chi connectivity index (χ1) is 9.70. The third-order valence-corrected chi connectivity index (χ3v) is 5.34. The molecule has 2 aromatic rings. The fourth-order valence-corrected chi connectivity index (χ4v) is 4.69. The van der Waals surface area contributed by atoms with Gasteiger partial charge in [0, 0.05) is 4.47 Å². The van der Waals surface area contributed by atoms with Crippen LogP contribution in [0.3, 0.4) is 0 Å². The van der Waals surface area contributed by atoms with Gasteiger partial charge in [-0.05, 0) is 36.8 Å². The molecular weight excluding hydrogens is 404 g/mol. The maximum absolute atomic E-state index is 13.8. The zero-order valence-electron chi connectivity index (χ0n) is 10.6.